The maximum absolute atomic E-state index is 6.81. The van der Waals surface area contributed by atoms with Crippen LogP contribution in [0.5, 0.6) is 11.5 Å². The predicted molar refractivity (Wildman–Crippen MR) is 149 cm³/mol. The molecule has 0 radical (unpaired) electrons. The van der Waals surface area contributed by atoms with Crippen molar-refractivity contribution < 1.29 is 9.47 Å². The zero-order chi connectivity index (χ0) is 26.7. The Bertz CT molecular complexity index is 1710. The highest BCUT2D eigenvalue weighted by Crippen LogP contribution is 2.51. The lowest BCUT2D eigenvalue weighted by Gasteiger charge is -2.42. The highest BCUT2D eigenvalue weighted by Gasteiger charge is 2.46. The van der Waals surface area contributed by atoms with Crippen molar-refractivity contribution in [2.75, 3.05) is 32.2 Å². The van der Waals surface area contributed by atoms with Crippen LogP contribution in [-0.4, -0.2) is 57.1 Å². The van der Waals surface area contributed by atoms with Crippen LogP contribution in [0.1, 0.15) is 41.3 Å². The summed E-state index contributed by atoms with van der Waals surface area (Å²) in [6.45, 7) is 6.05. The SMILES string of the molecule is C=C(c1c(OC)cccc1OC)c1n[nH]c2nc(N3CCC4(CC3)Cc3ccccc3[C@H]4N)n3cnnc3c12. The van der Waals surface area contributed by atoms with Crippen LogP contribution in [0.2, 0.25) is 0 Å². The van der Waals surface area contributed by atoms with E-state index in [-0.39, 0.29) is 11.5 Å². The smallest absolute Gasteiger partial charge is 0.214 e. The first-order chi connectivity index (χ1) is 19.0. The van der Waals surface area contributed by atoms with Crippen LogP contribution in [0.4, 0.5) is 5.95 Å². The van der Waals surface area contributed by atoms with Gasteiger partial charge in [-0.3, -0.25) is 9.50 Å². The van der Waals surface area contributed by atoms with Crippen molar-refractivity contribution in [3.8, 4) is 11.5 Å². The third kappa shape index (κ3) is 3.44. The molecule has 0 saturated carbocycles. The van der Waals surface area contributed by atoms with E-state index in [4.69, 9.17) is 20.2 Å². The molecule has 39 heavy (non-hydrogen) atoms. The lowest BCUT2D eigenvalue weighted by molar-refractivity contribution is 0.187. The molecule has 1 atom stereocenters. The van der Waals surface area contributed by atoms with Crippen LogP contribution in [0.25, 0.3) is 22.3 Å². The Labute approximate surface area is 225 Å². The van der Waals surface area contributed by atoms with Gasteiger partial charge in [0.05, 0.1) is 25.2 Å². The molecule has 10 heteroatoms. The van der Waals surface area contributed by atoms with Gasteiger partial charge in [0, 0.05) is 24.7 Å². The number of rotatable bonds is 5. The van der Waals surface area contributed by atoms with Gasteiger partial charge in [-0.1, -0.05) is 36.9 Å². The second-order valence-corrected chi connectivity index (χ2v) is 10.5. The van der Waals surface area contributed by atoms with E-state index in [2.05, 4.69) is 56.1 Å². The number of aromatic nitrogens is 6. The molecule has 1 spiro atoms. The fourth-order valence-electron chi connectivity index (χ4n) is 6.50. The number of piperidine rings is 1. The monoisotopic (exact) mass is 522 g/mol. The largest absolute Gasteiger partial charge is 0.496 e. The quantitative estimate of drug-likeness (QED) is 0.356. The Hall–Kier alpha value is -4.44. The lowest BCUT2D eigenvalue weighted by Crippen LogP contribution is -2.45. The fourth-order valence-corrected chi connectivity index (χ4v) is 6.50. The molecular formula is C29H30N8O2. The number of H-pyrrole nitrogens is 1. The molecule has 10 nitrogen and oxygen atoms in total. The van der Waals surface area contributed by atoms with Gasteiger partial charge in [-0.2, -0.15) is 10.1 Å². The molecule has 4 heterocycles. The van der Waals surface area contributed by atoms with E-state index in [0.29, 0.717) is 34.1 Å². The van der Waals surface area contributed by atoms with Gasteiger partial charge in [0.1, 0.15) is 23.5 Å². The molecule has 0 amide bonds. The molecule has 1 aliphatic carbocycles. The second kappa shape index (κ2) is 8.81. The molecular weight excluding hydrogens is 492 g/mol. The summed E-state index contributed by atoms with van der Waals surface area (Å²) >= 11 is 0. The molecule has 2 aliphatic rings. The Balaban J connectivity index is 1.24. The Kier molecular flexibility index (Phi) is 5.34. The number of aromatic amines is 1. The highest BCUT2D eigenvalue weighted by atomic mass is 16.5. The number of hydrogen-bond acceptors (Lipinski definition) is 8. The van der Waals surface area contributed by atoms with Crippen molar-refractivity contribution in [2.45, 2.75) is 25.3 Å². The average molecular weight is 523 g/mol. The van der Waals surface area contributed by atoms with Gasteiger partial charge in [-0.15, -0.1) is 10.2 Å². The van der Waals surface area contributed by atoms with E-state index < -0.39 is 0 Å². The maximum atomic E-state index is 6.81. The standard InChI is InChI=1S/C29H30N8O2/c1-17(22-20(38-2)9-6-10-21(22)39-3)24-23-26(34-33-24)32-28(37-16-31-35-27(23)37)36-13-11-29(12-14-36)15-18-7-4-5-8-19(18)25(29)30/h4-10,16,25H,1,11-15,30H2,2-3H3,(H,33,34)/t25-/m1/s1. The number of nitrogens with two attached hydrogens (primary N) is 1. The molecule has 2 aromatic carbocycles. The van der Waals surface area contributed by atoms with Gasteiger partial charge in [0.15, 0.2) is 11.3 Å². The minimum atomic E-state index is 0.0642. The van der Waals surface area contributed by atoms with E-state index >= 15 is 0 Å². The first kappa shape index (κ1) is 23.7. The van der Waals surface area contributed by atoms with Crippen LogP contribution in [0, 0.1) is 5.41 Å². The van der Waals surface area contributed by atoms with E-state index in [1.54, 1.807) is 20.5 Å². The summed E-state index contributed by atoms with van der Waals surface area (Å²) in [7, 11) is 3.25. The molecule has 1 fully saturated rings. The molecule has 0 unspecified atom stereocenters. The summed E-state index contributed by atoms with van der Waals surface area (Å²) in [6, 6.07) is 14.3. The molecule has 1 aliphatic heterocycles. The maximum Gasteiger partial charge on any atom is 0.214 e. The minimum Gasteiger partial charge on any atom is -0.496 e. The topological polar surface area (TPSA) is 119 Å². The van der Waals surface area contributed by atoms with Crippen LogP contribution < -0.4 is 20.1 Å². The summed E-state index contributed by atoms with van der Waals surface area (Å²) in [5, 5.41) is 17.2. The van der Waals surface area contributed by atoms with E-state index in [9.17, 15) is 0 Å². The third-order valence-electron chi connectivity index (χ3n) is 8.60. The van der Waals surface area contributed by atoms with Crippen LogP contribution in [0.3, 0.4) is 0 Å². The molecule has 0 bridgehead atoms. The Morgan fingerprint density at radius 2 is 1.82 bits per heavy atom. The third-order valence-corrected chi connectivity index (χ3v) is 8.60. The summed E-state index contributed by atoms with van der Waals surface area (Å²) in [4.78, 5) is 7.31. The summed E-state index contributed by atoms with van der Waals surface area (Å²) in [5.74, 6) is 2.08. The van der Waals surface area contributed by atoms with Gasteiger partial charge >= 0.3 is 0 Å². The van der Waals surface area contributed by atoms with Crippen molar-refractivity contribution in [3.63, 3.8) is 0 Å². The number of methoxy groups -OCH3 is 2. The summed E-state index contributed by atoms with van der Waals surface area (Å²) < 4.78 is 13.2. The molecule has 198 valence electrons. The Morgan fingerprint density at radius 3 is 2.54 bits per heavy atom. The molecule has 7 rings (SSSR count). The van der Waals surface area contributed by atoms with Crippen LogP contribution in [-0.2, 0) is 6.42 Å². The van der Waals surface area contributed by atoms with E-state index in [1.165, 1.54) is 11.1 Å². The van der Waals surface area contributed by atoms with Gasteiger partial charge in [-0.05, 0) is 47.9 Å². The minimum absolute atomic E-state index is 0.0642. The van der Waals surface area contributed by atoms with E-state index in [0.717, 1.165) is 49.2 Å². The lowest BCUT2D eigenvalue weighted by atomic mass is 9.73. The first-order valence-corrected chi connectivity index (χ1v) is 13.1. The number of benzene rings is 2. The summed E-state index contributed by atoms with van der Waals surface area (Å²) in [6.07, 6.45) is 4.72. The van der Waals surface area contributed by atoms with Crippen molar-refractivity contribution >= 4 is 28.2 Å². The molecule has 3 aromatic heterocycles. The zero-order valence-corrected chi connectivity index (χ0v) is 22.0. The average Bonchev–Trinajstić information content (AvgIpc) is 3.69. The van der Waals surface area contributed by atoms with Crippen molar-refractivity contribution in [3.05, 3.63) is 77.8 Å². The van der Waals surface area contributed by atoms with Crippen molar-refractivity contribution in [1.82, 2.24) is 29.8 Å². The molecule has 1 saturated heterocycles. The van der Waals surface area contributed by atoms with Crippen molar-refractivity contribution in [2.24, 2.45) is 11.1 Å². The van der Waals surface area contributed by atoms with Gasteiger partial charge in [-0.25, -0.2) is 0 Å². The Morgan fingerprint density at radius 1 is 1.08 bits per heavy atom. The zero-order valence-electron chi connectivity index (χ0n) is 22.0. The van der Waals surface area contributed by atoms with Crippen molar-refractivity contribution in [1.29, 1.82) is 0 Å². The number of nitrogens with one attached hydrogen (secondary N) is 1. The predicted octanol–water partition coefficient (Wildman–Crippen LogP) is 3.92. The second-order valence-electron chi connectivity index (χ2n) is 10.5. The van der Waals surface area contributed by atoms with E-state index in [1.807, 2.05) is 22.6 Å². The highest BCUT2D eigenvalue weighted by molar-refractivity contribution is 6.02. The van der Waals surface area contributed by atoms with Crippen LogP contribution >= 0.6 is 0 Å². The first-order valence-electron chi connectivity index (χ1n) is 13.1. The molecule has 3 N–H and O–H groups in total. The normalized spacial score (nSPS) is 18.1. The number of hydrogen-bond donors (Lipinski definition) is 2. The number of nitrogens with zero attached hydrogens (tertiary/aromatic N) is 6. The fraction of sp³-hybridized carbons (Fsp3) is 0.310. The number of ether oxygens (including phenoxy) is 2. The van der Waals surface area contributed by atoms with Crippen LogP contribution in [0.15, 0.2) is 55.4 Å². The van der Waals surface area contributed by atoms with Gasteiger partial charge in [0.25, 0.3) is 0 Å². The number of anilines is 1. The summed E-state index contributed by atoms with van der Waals surface area (Å²) in [5.41, 5.74) is 12.9. The van der Waals surface area contributed by atoms with Gasteiger partial charge in [0.2, 0.25) is 5.95 Å². The van der Waals surface area contributed by atoms with Gasteiger partial charge < -0.3 is 20.1 Å². The number of fused-ring (bicyclic) bond motifs is 4. The molecule has 5 aromatic rings.